The lowest BCUT2D eigenvalue weighted by molar-refractivity contribution is -0.119. The molecule has 1 atom stereocenters. The average Bonchev–Trinajstić information content (AvgIpc) is 3.14. The highest BCUT2D eigenvalue weighted by Gasteiger charge is 2.25. The highest BCUT2D eigenvalue weighted by Crippen LogP contribution is 2.33. The molecule has 1 aromatic carbocycles. The van der Waals surface area contributed by atoms with Crippen molar-refractivity contribution in [2.45, 2.75) is 38.7 Å². The number of para-hydroxylation sites is 1. The molecule has 1 unspecified atom stereocenters. The molecule has 1 aliphatic rings. The summed E-state index contributed by atoms with van der Waals surface area (Å²) in [5.41, 5.74) is 0.769. The summed E-state index contributed by atoms with van der Waals surface area (Å²) in [7, 11) is 0. The molecule has 4 nitrogen and oxygen atoms in total. The van der Waals surface area contributed by atoms with Crippen LogP contribution >= 0.6 is 22.9 Å². The fourth-order valence-corrected chi connectivity index (χ4v) is 3.94. The molecule has 6 heteroatoms. The van der Waals surface area contributed by atoms with Crippen molar-refractivity contribution in [3.8, 4) is 0 Å². The van der Waals surface area contributed by atoms with E-state index in [1.165, 1.54) is 11.3 Å². The number of anilines is 1. The monoisotopic (exact) mass is 338 g/mol. The van der Waals surface area contributed by atoms with E-state index in [0.717, 1.165) is 41.2 Å². The standard InChI is InChI=1S/C16H19ClN2O2S/c1-2-5-14(20)19(10-11-6-4-9-21-11)16-18-15-12(17)7-3-8-13(15)22-16/h3,7-8,11H,2,4-6,9-10H2,1H3. The maximum absolute atomic E-state index is 12.5. The third-order valence-electron chi connectivity index (χ3n) is 3.76. The Morgan fingerprint density at radius 3 is 3.09 bits per heavy atom. The van der Waals surface area contributed by atoms with Crippen LogP contribution in [0.3, 0.4) is 0 Å². The smallest absolute Gasteiger partial charge is 0.228 e. The van der Waals surface area contributed by atoms with E-state index in [0.29, 0.717) is 18.0 Å². The molecule has 0 N–H and O–H groups in total. The molecular weight excluding hydrogens is 320 g/mol. The number of carbonyl (C=O) groups excluding carboxylic acids is 1. The van der Waals surface area contributed by atoms with E-state index in [2.05, 4.69) is 4.98 Å². The quantitative estimate of drug-likeness (QED) is 0.818. The third kappa shape index (κ3) is 3.26. The van der Waals surface area contributed by atoms with E-state index in [1.54, 1.807) is 4.90 Å². The van der Waals surface area contributed by atoms with Crippen molar-refractivity contribution >= 4 is 44.2 Å². The van der Waals surface area contributed by atoms with Gasteiger partial charge >= 0.3 is 0 Å². The lowest BCUT2D eigenvalue weighted by atomic mass is 10.2. The molecule has 3 rings (SSSR count). The molecule has 0 saturated carbocycles. The summed E-state index contributed by atoms with van der Waals surface area (Å²) in [4.78, 5) is 18.9. The minimum Gasteiger partial charge on any atom is -0.376 e. The first-order valence-electron chi connectivity index (χ1n) is 7.66. The molecule has 118 valence electrons. The van der Waals surface area contributed by atoms with Gasteiger partial charge in [-0.2, -0.15) is 0 Å². The van der Waals surface area contributed by atoms with Gasteiger partial charge in [0.2, 0.25) is 5.91 Å². The van der Waals surface area contributed by atoms with Gasteiger partial charge < -0.3 is 4.74 Å². The Kier molecular flexibility index (Phi) is 4.96. The van der Waals surface area contributed by atoms with E-state index in [4.69, 9.17) is 16.3 Å². The van der Waals surface area contributed by atoms with Gasteiger partial charge in [0.15, 0.2) is 5.13 Å². The van der Waals surface area contributed by atoms with Crippen LogP contribution in [0, 0.1) is 0 Å². The summed E-state index contributed by atoms with van der Waals surface area (Å²) in [5.74, 6) is 0.105. The molecule has 2 aromatic rings. The second-order valence-electron chi connectivity index (χ2n) is 5.47. The second-order valence-corrected chi connectivity index (χ2v) is 6.89. The van der Waals surface area contributed by atoms with E-state index in [1.807, 2.05) is 25.1 Å². The highest BCUT2D eigenvalue weighted by atomic mass is 35.5. The topological polar surface area (TPSA) is 42.4 Å². The molecular formula is C16H19ClN2O2S. The summed E-state index contributed by atoms with van der Waals surface area (Å²) in [5, 5.41) is 1.34. The summed E-state index contributed by atoms with van der Waals surface area (Å²) >= 11 is 7.71. The van der Waals surface area contributed by atoms with Crippen LogP contribution in [0.2, 0.25) is 5.02 Å². The first-order valence-corrected chi connectivity index (χ1v) is 8.85. The molecule has 2 heterocycles. The van der Waals surface area contributed by atoms with Crippen molar-refractivity contribution in [3.05, 3.63) is 23.2 Å². The lowest BCUT2D eigenvalue weighted by Crippen LogP contribution is -2.37. The van der Waals surface area contributed by atoms with Crippen LogP contribution in [0.1, 0.15) is 32.6 Å². The predicted octanol–water partition coefficient (Wildman–Crippen LogP) is 4.26. The van der Waals surface area contributed by atoms with Gasteiger partial charge in [-0.05, 0) is 31.4 Å². The number of carbonyl (C=O) groups is 1. The number of halogens is 1. The summed E-state index contributed by atoms with van der Waals surface area (Å²) in [6.45, 7) is 3.37. The Bertz CT molecular complexity index is 667. The van der Waals surface area contributed by atoms with Crippen LogP contribution < -0.4 is 4.90 Å². The van der Waals surface area contributed by atoms with Gasteiger partial charge in [0.1, 0.15) is 5.52 Å². The Labute approximate surface area is 139 Å². The highest BCUT2D eigenvalue weighted by molar-refractivity contribution is 7.22. The maximum Gasteiger partial charge on any atom is 0.228 e. The zero-order chi connectivity index (χ0) is 15.5. The number of hydrogen-bond donors (Lipinski definition) is 0. The van der Waals surface area contributed by atoms with Gasteiger partial charge in [0.05, 0.1) is 22.4 Å². The minimum atomic E-state index is 0.105. The van der Waals surface area contributed by atoms with Crippen molar-refractivity contribution in [2.24, 2.45) is 0 Å². The Morgan fingerprint density at radius 1 is 1.55 bits per heavy atom. The number of nitrogens with zero attached hydrogens (tertiary/aromatic N) is 2. The number of aromatic nitrogens is 1. The van der Waals surface area contributed by atoms with Crippen molar-refractivity contribution in [3.63, 3.8) is 0 Å². The molecule has 22 heavy (non-hydrogen) atoms. The molecule has 1 fully saturated rings. The normalized spacial score (nSPS) is 18.0. The van der Waals surface area contributed by atoms with Crippen LogP contribution in [0.15, 0.2) is 18.2 Å². The van der Waals surface area contributed by atoms with Crippen LogP contribution in [0.5, 0.6) is 0 Å². The predicted molar refractivity (Wildman–Crippen MR) is 90.9 cm³/mol. The van der Waals surface area contributed by atoms with Crippen LogP contribution in [-0.4, -0.2) is 30.1 Å². The van der Waals surface area contributed by atoms with Gasteiger partial charge in [-0.25, -0.2) is 4.98 Å². The van der Waals surface area contributed by atoms with Gasteiger partial charge in [-0.3, -0.25) is 9.69 Å². The van der Waals surface area contributed by atoms with Gasteiger partial charge in [-0.15, -0.1) is 0 Å². The number of amides is 1. The SMILES string of the molecule is CCCC(=O)N(CC1CCCO1)c1nc2c(Cl)cccc2s1. The summed E-state index contributed by atoms with van der Waals surface area (Å²) in [6.07, 6.45) is 3.53. The van der Waals surface area contributed by atoms with Crippen LogP contribution in [0.4, 0.5) is 5.13 Å². The first kappa shape index (κ1) is 15.7. The number of rotatable bonds is 5. The fourth-order valence-electron chi connectivity index (χ4n) is 2.65. The average molecular weight is 339 g/mol. The maximum atomic E-state index is 12.5. The molecule has 1 amide bonds. The molecule has 1 saturated heterocycles. The molecule has 1 aromatic heterocycles. The fraction of sp³-hybridized carbons (Fsp3) is 0.500. The summed E-state index contributed by atoms with van der Waals surface area (Å²) < 4.78 is 6.69. The molecule has 0 radical (unpaired) electrons. The molecule has 0 aliphatic carbocycles. The zero-order valence-electron chi connectivity index (χ0n) is 12.5. The Morgan fingerprint density at radius 2 is 2.41 bits per heavy atom. The van der Waals surface area contributed by atoms with E-state index in [-0.39, 0.29) is 12.0 Å². The van der Waals surface area contributed by atoms with E-state index >= 15 is 0 Å². The van der Waals surface area contributed by atoms with Crippen LogP contribution in [0.25, 0.3) is 10.2 Å². The van der Waals surface area contributed by atoms with Crippen LogP contribution in [-0.2, 0) is 9.53 Å². The third-order valence-corrected chi connectivity index (χ3v) is 5.11. The van der Waals surface area contributed by atoms with Gasteiger partial charge in [-0.1, -0.05) is 35.9 Å². The van der Waals surface area contributed by atoms with Crippen molar-refractivity contribution in [1.29, 1.82) is 0 Å². The first-order chi connectivity index (χ1) is 10.7. The number of fused-ring (bicyclic) bond motifs is 1. The number of ether oxygens (including phenoxy) is 1. The Hall–Kier alpha value is -1.17. The number of thiazole rings is 1. The van der Waals surface area contributed by atoms with Crippen molar-refractivity contribution in [1.82, 2.24) is 4.98 Å². The minimum absolute atomic E-state index is 0.105. The largest absolute Gasteiger partial charge is 0.376 e. The van der Waals surface area contributed by atoms with E-state index in [9.17, 15) is 4.79 Å². The second kappa shape index (κ2) is 6.94. The van der Waals surface area contributed by atoms with E-state index < -0.39 is 0 Å². The van der Waals surface area contributed by atoms with Crippen molar-refractivity contribution in [2.75, 3.05) is 18.1 Å². The molecule has 1 aliphatic heterocycles. The van der Waals surface area contributed by atoms with Gasteiger partial charge in [0.25, 0.3) is 0 Å². The van der Waals surface area contributed by atoms with Gasteiger partial charge in [0, 0.05) is 13.0 Å². The summed E-state index contributed by atoms with van der Waals surface area (Å²) in [6, 6.07) is 5.72. The molecule has 0 spiro atoms. The number of hydrogen-bond acceptors (Lipinski definition) is 4. The molecule has 0 bridgehead atoms. The lowest BCUT2D eigenvalue weighted by Gasteiger charge is -2.22. The number of benzene rings is 1. The van der Waals surface area contributed by atoms with Crippen molar-refractivity contribution < 1.29 is 9.53 Å². The Balaban J connectivity index is 1.91. The zero-order valence-corrected chi connectivity index (χ0v) is 14.1.